The third-order valence-corrected chi connectivity index (χ3v) is 6.57. The van der Waals surface area contributed by atoms with Crippen molar-refractivity contribution in [2.24, 2.45) is 0 Å². The number of nitrogen functional groups attached to an aromatic ring is 1. The molecule has 5 aromatic rings. The van der Waals surface area contributed by atoms with Crippen LogP contribution in [0.15, 0.2) is 88.8 Å². The van der Waals surface area contributed by atoms with Crippen molar-refractivity contribution in [1.82, 2.24) is 19.2 Å². The van der Waals surface area contributed by atoms with Crippen LogP contribution in [0, 0.1) is 6.92 Å². The van der Waals surface area contributed by atoms with E-state index >= 15 is 0 Å². The molecule has 0 fully saturated rings. The Hall–Kier alpha value is -4.04. The van der Waals surface area contributed by atoms with Crippen molar-refractivity contribution in [3.8, 4) is 22.4 Å². The zero-order valence-corrected chi connectivity index (χ0v) is 18.0. The number of rotatable bonds is 4. The summed E-state index contributed by atoms with van der Waals surface area (Å²) in [5.41, 5.74) is 11.0. The first-order valence-corrected chi connectivity index (χ1v) is 11.0. The quantitative estimate of drug-likeness (QED) is 0.411. The van der Waals surface area contributed by atoms with Gasteiger partial charge in [0.15, 0.2) is 11.0 Å². The molecule has 3 N–H and O–H groups in total. The molecule has 8 heteroatoms. The van der Waals surface area contributed by atoms with Crippen LogP contribution in [-0.2, 0) is 11.0 Å². The van der Waals surface area contributed by atoms with E-state index in [1.165, 1.54) is 0 Å². The van der Waals surface area contributed by atoms with Crippen LogP contribution in [0.25, 0.3) is 33.4 Å². The average Bonchev–Trinajstić information content (AvgIpc) is 3.24. The Morgan fingerprint density at radius 3 is 2.47 bits per heavy atom. The summed E-state index contributed by atoms with van der Waals surface area (Å²) in [6, 6.07) is 22.0. The number of aromatic amines is 1. The van der Waals surface area contributed by atoms with Gasteiger partial charge in [-0.1, -0.05) is 42.0 Å². The number of aromatic nitrogens is 4. The zero-order chi connectivity index (χ0) is 22.2. The lowest BCUT2D eigenvalue weighted by Crippen LogP contribution is -2.11. The summed E-state index contributed by atoms with van der Waals surface area (Å²) >= 11 is 0. The van der Waals surface area contributed by atoms with E-state index in [0.717, 1.165) is 11.1 Å². The highest BCUT2D eigenvalue weighted by molar-refractivity contribution is 7.83. The molecule has 0 aliphatic rings. The highest BCUT2D eigenvalue weighted by Gasteiger charge is 2.16. The molecule has 158 valence electrons. The summed E-state index contributed by atoms with van der Waals surface area (Å²) in [5.74, 6) is 0. The first-order chi connectivity index (χ1) is 15.5. The van der Waals surface area contributed by atoms with Crippen molar-refractivity contribution in [2.75, 3.05) is 5.73 Å². The van der Waals surface area contributed by atoms with E-state index in [9.17, 15) is 9.00 Å². The molecule has 0 saturated heterocycles. The molecule has 7 nitrogen and oxygen atoms in total. The summed E-state index contributed by atoms with van der Waals surface area (Å²) in [6.45, 7) is 1.98. The molecule has 0 amide bonds. The SMILES string of the molecule is Cc1ccc(S(=O)n2cnc3c(-c4cc(-c5ccc(N)cc5)n[nH]c4=O)cccc32)cc1. The van der Waals surface area contributed by atoms with Crippen LogP contribution < -0.4 is 11.3 Å². The molecule has 1 unspecified atom stereocenters. The highest BCUT2D eigenvalue weighted by atomic mass is 32.2. The molecule has 0 spiro atoms. The smallest absolute Gasteiger partial charge is 0.272 e. The van der Waals surface area contributed by atoms with E-state index in [1.54, 1.807) is 28.5 Å². The van der Waals surface area contributed by atoms with E-state index in [0.29, 0.717) is 38.4 Å². The van der Waals surface area contributed by atoms with Crippen molar-refractivity contribution in [2.45, 2.75) is 11.8 Å². The molecule has 5 rings (SSSR count). The number of hydrogen-bond donors (Lipinski definition) is 2. The van der Waals surface area contributed by atoms with Gasteiger partial charge in [-0.05, 0) is 43.3 Å². The van der Waals surface area contributed by atoms with Crippen LogP contribution in [0.1, 0.15) is 5.56 Å². The monoisotopic (exact) mass is 441 g/mol. The maximum Gasteiger partial charge on any atom is 0.272 e. The van der Waals surface area contributed by atoms with Gasteiger partial charge in [0.25, 0.3) is 5.56 Å². The largest absolute Gasteiger partial charge is 0.399 e. The Morgan fingerprint density at radius 1 is 0.969 bits per heavy atom. The second-order valence-electron chi connectivity index (χ2n) is 7.42. The molecule has 0 radical (unpaired) electrons. The van der Waals surface area contributed by atoms with Crippen molar-refractivity contribution < 1.29 is 4.21 Å². The maximum absolute atomic E-state index is 13.2. The van der Waals surface area contributed by atoms with E-state index in [1.807, 2.05) is 61.5 Å². The van der Waals surface area contributed by atoms with E-state index < -0.39 is 11.0 Å². The van der Waals surface area contributed by atoms with Crippen LogP contribution in [0.5, 0.6) is 0 Å². The molecule has 2 heterocycles. The standard InChI is InChI=1S/C24H19N5O2S/c1-15-5-11-18(12-6-15)32(31)29-14-26-23-19(3-2-4-22(23)29)20-13-21(27-28-24(20)30)16-7-9-17(25)10-8-16/h2-14H,25H2,1H3,(H,28,30). The molecule has 0 bridgehead atoms. The number of fused-ring (bicyclic) bond motifs is 1. The molecule has 1 atom stereocenters. The predicted octanol–water partition coefficient (Wildman–Crippen LogP) is 3.92. The van der Waals surface area contributed by atoms with E-state index in [4.69, 9.17) is 5.73 Å². The third-order valence-electron chi connectivity index (χ3n) is 5.25. The lowest BCUT2D eigenvalue weighted by Gasteiger charge is -2.07. The fourth-order valence-corrected chi connectivity index (χ4v) is 4.60. The Kier molecular flexibility index (Phi) is 4.91. The van der Waals surface area contributed by atoms with Crippen molar-refractivity contribution >= 4 is 27.7 Å². The summed E-state index contributed by atoms with van der Waals surface area (Å²) in [5, 5.41) is 6.75. The predicted molar refractivity (Wildman–Crippen MR) is 126 cm³/mol. The topological polar surface area (TPSA) is 107 Å². The Bertz CT molecular complexity index is 1520. The maximum atomic E-state index is 13.2. The number of imidazole rings is 1. The zero-order valence-electron chi connectivity index (χ0n) is 17.1. The van der Waals surface area contributed by atoms with E-state index in [2.05, 4.69) is 15.2 Å². The van der Waals surface area contributed by atoms with Gasteiger partial charge in [-0.25, -0.2) is 18.3 Å². The first kappa shape index (κ1) is 19.9. The van der Waals surface area contributed by atoms with Crippen molar-refractivity contribution in [3.63, 3.8) is 0 Å². The molecular formula is C24H19N5O2S. The number of nitrogens with zero attached hydrogens (tertiary/aromatic N) is 3. The highest BCUT2D eigenvalue weighted by Crippen LogP contribution is 2.29. The van der Waals surface area contributed by atoms with Crippen molar-refractivity contribution in [1.29, 1.82) is 0 Å². The summed E-state index contributed by atoms with van der Waals surface area (Å²) < 4.78 is 14.8. The van der Waals surface area contributed by atoms with Gasteiger partial charge in [0, 0.05) is 16.8 Å². The number of anilines is 1. The average molecular weight is 442 g/mol. The minimum absolute atomic E-state index is 0.328. The Morgan fingerprint density at radius 2 is 1.72 bits per heavy atom. The lowest BCUT2D eigenvalue weighted by atomic mass is 10.0. The number of nitrogens with two attached hydrogens (primary N) is 1. The second-order valence-corrected chi connectivity index (χ2v) is 8.79. The second kappa shape index (κ2) is 7.90. The fraction of sp³-hybridized carbons (Fsp3) is 0.0417. The van der Waals surface area contributed by atoms with Crippen LogP contribution >= 0.6 is 0 Å². The van der Waals surface area contributed by atoms with Gasteiger partial charge < -0.3 is 5.73 Å². The third kappa shape index (κ3) is 3.50. The van der Waals surface area contributed by atoms with Crippen LogP contribution in [0.4, 0.5) is 5.69 Å². The van der Waals surface area contributed by atoms with Gasteiger partial charge in [0.1, 0.15) is 6.33 Å². The molecule has 0 aliphatic carbocycles. The molecular weight excluding hydrogens is 422 g/mol. The number of benzene rings is 3. The minimum Gasteiger partial charge on any atom is -0.399 e. The molecule has 2 aromatic heterocycles. The summed E-state index contributed by atoms with van der Waals surface area (Å²) in [7, 11) is -1.46. The summed E-state index contributed by atoms with van der Waals surface area (Å²) in [6.07, 6.45) is 1.54. The molecule has 3 aromatic carbocycles. The normalized spacial score (nSPS) is 12.2. The Balaban J connectivity index is 1.62. The molecule has 32 heavy (non-hydrogen) atoms. The number of nitrogens with one attached hydrogen (secondary N) is 1. The number of aryl methyl sites for hydroxylation is 1. The lowest BCUT2D eigenvalue weighted by molar-refractivity contribution is 0.678. The van der Waals surface area contributed by atoms with Crippen molar-refractivity contribution in [3.05, 3.63) is 95.0 Å². The van der Waals surface area contributed by atoms with Gasteiger partial charge in [0.05, 0.1) is 27.2 Å². The molecule has 0 aliphatic heterocycles. The van der Waals surface area contributed by atoms with Gasteiger partial charge in [-0.3, -0.25) is 4.79 Å². The van der Waals surface area contributed by atoms with E-state index in [-0.39, 0.29) is 5.56 Å². The van der Waals surface area contributed by atoms with Gasteiger partial charge in [-0.2, -0.15) is 5.10 Å². The number of para-hydroxylation sites is 1. The fourth-order valence-electron chi connectivity index (χ4n) is 3.54. The van der Waals surface area contributed by atoms with Gasteiger partial charge in [-0.15, -0.1) is 0 Å². The Labute approximate surface area is 186 Å². The summed E-state index contributed by atoms with van der Waals surface area (Å²) in [4.78, 5) is 17.8. The van der Waals surface area contributed by atoms with Gasteiger partial charge >= 0.3 is 0 Å². The first-order valence-electron chi connectivity index (χ1n) is 9.92. The van der Waals surface area contributed by atoms with Crippen LogP contribution in [0.2, 0.25) is 0 Å². The van der Waals surface area contributed by atoms with Crippen LogP contribution in [-0.4, -0.2) is 23.4 Å². The van der Waals surface area contributed by atoms with Gasteiger partial charge in [0.2, 0.25) is 0 Å². The minimum atomic E-state index is -1.46. The number of hydrogen-bond acceptors (Lipinski definition) is 5. The molecule has 0 saturated carbocycles. The number of H-pyrrole nitrogens is 1. The van der Waals surface area contributed by atoms with Crippen LogP contribution in [0.3, 0.4) is 0 Å².